The molecule has 1 saturated carbocycles. The van der Waals surface area contributed by atoms with Crippen LogP contribution in [0.15, 0.2) is 0 Å². The Morgan fingerprint density at radius 2 is 1.62 bits per heavy atom. The highest BCUT2D eigenvalue weighted by atomic mass is 35.5. The molecule has 13 heavy (non-hydrogen) atoms. The lowest BCUT2D eigenvalue weighted by atomic mass is 9.87. The molecule has 0 nitrogen and oxygen atoms in total. The number of hydrogen-bond donors (Lipinski definition) is 0. The van der Waals surface area contributed by atoms with E-state index in [1.165, 1.54) is 44.9 Å². The Bertz CT molecular complexity index is 131. The third-order valence-electron chi connectivity index (χ3n) is 3.34. The van der Waals surface area contributed by atoms with Gasteiger partial charge in [-0.1, -0.05) is 46.0 Å². The fraction of sp³-hybridized carbons (Fsp3) is 1.00. The number of rotatable bonds is 1. The SMILES string of the molecule is CC(C)C1CCCCCCC(Cl)C1. The Labute approximate surface area is 88.1 Å². The fourth-order valence-electron chi connectivity index (χ4n) is 2.30. The van der Waals surface area contributed by atoms with Gasteiger partial charge in [0, 0.05) is 5.38 Å². The Balaban J connectivity index is 2.41. The lowest BCUT2D eigenvalue weighted by Crippen LogP contribution is -2.13. The van der Waals surface area contributed by atoms with Gasteiger partial charge < -0.3 is 0 Å². The van der Waals surface area contributed by atoms with Gasteiger partial charge >= 0.3 is 0 Å². The summed E-state index contributed by atoms with van der Waals surface area (Å²) in [6, 6.07) is 0. The molecule has 0 saturated heterocycles. The third kappa shape index (κ3) is 4.35. The summed E-state index contributed by atoms with van der Waals surface area (Å²) in [6.07, 6.45) is 9.48. The maximum atomic E-state index is 6.30. The molecule has 1 aliphatic carbocycles. The van der Waals surface area contributed by atoms with Crippen molar-refractivity contribution in [3.05, 3.63) is 0 Å². The van der Waals surface area contributed by atoms with E-state index >= 15 is 0 Å². The number of alkyl halides is 1. The highest BCUT2D eigenvalue weighted by molar-refractivity contribution is 6.20. The molecule has 2 unspecified atom stereocenters. The van der Waals surface area contributed by atoms with E-state index in [9.17, 15) is 0 Å². The molecule has 0 aromatic carbocycles. The van der Waals surface area contributed by atoms with Crippen LogP contribution >= 0.6 is 11.6 Å². The molecule has 0 bridgehead atoms. The topological polar surface area (TPSA) is 0 Å². The molecule has 0 aromatic heterocycles. The number of halogens is 1. The van der Waals surface area contributed by atoms with Crippen LogP contribution < -0.4 is 0 Å². The molecule has 78 valence electrons. The standard InChI is InChI=1S/C12H23Cl/c1-10(2)11-7-5-3-4-6-8-12(13)9-11/h10-12H,3-9H2,1-2H3. The Morgan fingerprint density at radius 1 is 1.00 bits per heavy atom. The molecular formula is C12H23Cl. The molecule has 2 atom stereocenters. The van der Waals surface area contributed by atoms with Crippen LogP contribution in [0.5, 0.6) is 0 Å². The maximum absolute atomic E-state index is 6.30. The Morgan fingerprint density at radius 3 is 2.23 bits per heavy atom. The van der Waals surface area contributed by atoms with Crippen LogP contribution in [0.4, 0.5) is 0 Å². The van der Waals surface area contributed by atoms with Gasteiger partial charge in [-0.3, -0.25) is 0 Å². The largest absolute Gasteiger partial charge is 0.123 e. The van der Waals surface area contributed by atoms with E-state index in [2.05, 4.69) is 13.8 Å². The molecule has 0 N–H and O–H groups in total. The summed E-state index contributed by atoms with van der Waals surface area (Å²) in [4.78, 5) is 0. The van der Waals surface area contributed by atoms with E-state index in [0.717, 1.165) is 11.8 Å². The first kappa shape index (κ1) is 11.4. The van der Waals surface area contributed by atoms with Gasteiger partial charge in [0.25, 0.3) is 0 Å². The Kier molecular flexibility index (Phi) is 5.16. The zero-order valence-electron chi connectivity index (χ0n) is 9.06. The molecule has 1 fully saturated rings. The predicted octanol–water partition coefficient (Wildman–Crippen LogP) is 4.61. The van der Waals surface area contributed by atoms with Gasteiger partial charge in [0.05, 0.1) is 0 Å². The summed E-state index contributed by atoms with van der Waals surface area (Å²) in [5, 5.41) is 0.450. The van der Waals surface area contributed by atoms with E-state index in [1.807, 2.05) is 0 Å². The van der Waals surface area contributed by atoms with Crippen molar-refractivity contribution in [1.29, 1.82) is 0 Å². The average Bonchev–Trinajstić information content (AvgIpc) is 2.16. The zero-order chi connectivity index (χ0) is 9.68. The zero-order valence-corrected chi connectivity index (χ0v) is 9.82. The van der Waals surface area contributed by atoms with Crippen molar-refractivity contribution in [3.8, 4) is 0 Å². The van der Waals surface area contributed by atoms with Gasteiger partial charge in [0.1, 0.15) is 0 Å². The van der Waals surface area contributed by atoms with E-state index in [4.69, 9.17) is 11.6 Å². The summed E-state index contributed by atoms with van der Waals surface area (Å²) in [7, 11) is 0. The van der Waals surface area contributed by atoms with E-state index in [1.54, 1.807) is 0 Å². The molecule has 1 rings (SSSR count). The summed E-state index contributed by atoms with van der Waals surface area (Å²) < 4.78 is 0. The molecule has 0 amide bonds. The van der Waals surface area contributed by atoms with Crippen molar-refractivity contribution < 1.29 is 0 Å². The first-order valence-electron chi connectivity index (χ1n) is 5.84. The monoisotopic (exact) mass is 202 g/mol. The van der Waals surface area contributed by atoms with Crippen molar-refractivity contribution in [2.75, 3.05) is 0 Å². The molecule has 0 spiro atoms. The average molecular weight is 203 g/mol. The quantitative estimate of drug-likeness (QED) is 0.545. The predicted molar refractivity (Wildman–Crippen MR) is 60.3 cm³/mol. The molecule has 1 aliphatic rings. The second-order valence-corrected chi connectivity index (χ2v) is 5.45. The van der Waals surface area contributed by atoms with Gasteiger partial charge in [0.15, 0.2) is 0 Å². The second-order valence-electron chi connectivity index (χ2n) is 4.83. The molecule has 0 heterocycles. The van der Waals surface area contributed by atoms with Crippen LogP contribution in [-0.2, 0) is 0 Å². The van der Waals surface area contributed by atoms with Crippen molar-refractivity contribution >= 4 is 11.6 Å². The van der Waals surface area contributed by atoms with E-state index < -0.39 is 0 Å². The van der Waals surface area contributed by atoms with Crippen LogP contribution in [0.2, 0.25) is 0 Å². The van der Waals surface area contributed by atoms with E-state index in [-0.39, 0.29) is 0 Å². The van der Waals surface area contributed by atoms with Crippen LogP contribution in [0.25, 0.3) is 0 Å². The molecule has 1 heteroatoms. The molecule has 0 radical (unpaired) electrons. The van der Waals surface area contributed by atoms with Crippen LogP contribution in [-0.4, -0.2) is 5.38 Å². The summed E-state index contributed by atoms with van der Waals surface area (Å²) in [5.74, 6) is 1.69. The van der Waals surface area contributed by atoms with Gasteiger partial charge in [-0.25, -0.2) is 0 Å². The fourth-order valence-corrected chi connectivity index (χ4v) is 2.68. The Hall–Kier alpha value is 0.290. The van der Waals surface area contributed by atoms with Crippen molar-refractivity contribution in [1.82, 2.24) is 0 Å². The minimum atomic E-state index is 0.450. The minimum Gasteiger partial charge on any atom is -0.123 e. The molecule has 0 aliphatic heterocycles. The minimum absolute atomic E-state index is 0.450. The smallest absolute Gasteiger partial charge is 0.0338 e. The van der Waals surface area contributed by atoms with Crippen molar-refractivity contribution in [2.24, 2.45) is 11.8 Å². The first-order chi connectivity index (χ1) is 6.20. The maximum Gasteiger partial charge on any atom is 0.0338 e. The highest BCUT2D eigenvalue weighted by Crippen LogP contribution is 2.29. The van der Waals surface area contributed by atoms with Crippen molar-refractivity contribution in [2.45, 2.75) is 64.2 Å². The lowest BCUT2D eigenvalue weighted by Gasteiger charge is -2.22. The van der Waals surface area contributed by atoms with Crippen LogP contribution in [0.1, 0.15) is 58.8 Å². The second kappa shape index (κ2) is 5.90. The first-order valence-corrected chi connectivity index (χ1v) is 6.28. The van der Waals surface area contributed by atoms with E-state index in [0.29, 0.717) is 5.38 Å². The van der Waals surface area contributed by atoms with Crippen LogP contribution in [0, 0.1) is 11.8 Å². The van der Waals surface area contributed by atoms with Crippen LogP contribution in [0.3, 0.4) is 0 Å². The van der Waals surface area contributed by atoms with Gasteiger partial charge in [-0.05, 0) is 24.7 Å². The summed E-state index contributed by atoms with van der Waals surface area (Å²) >= 11 is 6.30. The van der Waals surface area contributed by atoms with Gasteiger partial charge in [-0.2, -0.15) is 0 Å². The molecular weight excluding hydrogens is 180 g/mol. The highest BCUT2D eigenvalue weighted by Gasteiger charge is 2.18. The summed E-state index contributed by atoms with van der Waals surface area (Å²) in [6.45, 7) is 4.68. The van der Waals surface area contributed by atoms with Gasteiger partial charge in [-0.15, -0.1) is 11.6 Å². The lowest BCUT2D eigenvalue weighted by molar-refractivity contribution is 0.326. The summed E-state index contributed by atoms with van der Waals surface area (Å²) in [5.41, 5.74) is 0. The number of hydrogen-bond acceptors (Lipinski definition) is 0. The normalized spacial score (nSPS) is 32.3. The van der Waals surface area contributed by atoms with Gasteiger partial charge in [0.2, 0.25) is 0 Å². The third-order valence-corrected chi connectivity index (χ3v) is 3.74. The van der Waals surface area contributed by atoms with Crippen molar-refractivity contribution in [3.63, 3.8) is 0 Å². The molecule has 0 aromatic rings.